The molecule has 1 aromatic carbocycles. The van der Waals surface area contributed by atoms with E-state index in [1.54, 1.807) is 0 Å². The zero-order valence-corrected chi connectivity index (χ0v) is 16.9. The molecule has 3 aliphatic heterocycles. The number of benzene rings is 1. The Bertz CT molecular complexity index is 698. The molecule has 136 valence electrons. The summed E-state index contributed by atoms with van der Waals surface area (Å²) in [4.78, 5) is 17.1. The Hall–Kier alpha value is -1.23. The molecule has 0 spiro atoms. The van der Waals surface area contributed by atoms with E-state index in [4.69, 9.17) is 4.74 Å². The molecule has 0 aliphatic carbocycles. The number of piperidine rings is 1. The second-order valence-corrected chi connectivity index (χ2v) is 9.46. The molecule has 25 heavy (non-hydrogen) atoms. The fourth-order valence-corrected chi connectivity index (χ4v) is 5.18. The molecule has 5 heteroatoms. The molecule has 1 amide bonds. The summed E-state index contributed by atoms with van der Waals surface area (Å²) in [5.41, 5.74) is 3.91. The molecular weight excluding hydrogens is 380 g/mol. The third-order valence-corrected chi connectivity index (χ3v) is 6.05. The summed E-state index contributed by atoms with van der Waals surface area (Å²) in [6.07, 6.45) is 4.53. The second kappa shape index (κ2) is 6.19. The molecule has 0 saturated carbocycles. The van der Waals surface area contributed by atoms with Crippen molar-refractivity contribution in [3.05, 3.63) is 27.7 Å². The summed E-state index contributed by atoms with van der Waals surface area (Å²) in [5.74, 6) is 0.394. The van der Waals surface area contributed by atoms with Crippen LogP contribution in [0.25, 0.3) is 0 Å². The van der Waals surface area contributed by atoms with E-state index >= 15 is 0 Å². The highest BCUT2D eigenvalue weighted by atomic mass is 79.9. The molecular formula is C20H27BrN2O2. The van der Waals surface area contributed by atoms with Gasteiger partial charge >= 0.3 is 6.09 Å². The van der Waals surface area contributed by atoms with Crippen molar-refractivity contribution in [2.75, 3.05) is 24.5 Å². The molecule has 0 N–H and O–H groups in total. The minimum Gasteiger partial charge on any atom is -0.444 e. The molecule has 4 nitrogen and oxygen atoms in total. The number of ether oxygens (including phenoxy) is 1. The summed E-state index contributed by atoms with van der Waals surface area (Å²) in [6, 6.07) is 5.10. The summed E-state index contributed by atoms with van der Waals surface area (Å²) in [7, 11) is 0. The zero-order chi connectivity index (χ0) is 17.8. The number of halogens is 1. The van der Waals surface area contributed by atoms with Crippen molar-refractivity contribution in [3.63, 3.8) is 0 Å². The molecule has 0 bridgehead atoms. The maximum Gasteiger partial charge on any atom is 0.410 e. The minimum absolute atomic E-state index is 0.173. The van der Waals surface area contributed by atoms with Gasteiger partial charge in [0.05, 0.1) is 0 Å². The lowest BCUT2D eigenvalue weighted by atomic mass is 9.88. The van der Waals surface area contributed by atoms with Crippen molar-refractivity contribution in [1.29, 1.82) is 0 Å². The van der Waals surface area contributed by atoms with E-state index in [0.29, 0.717) is 12.0 Å². The van der Waals surface area contributed by atoms with Crippen molar-refractivity contribution in [2.45, 2.75) is 64.0 Å². The highest BCUT2D eigenvalue weighted by molar-refractivity contribution is 9.10. The first-order valence-electron chi connectivity index (χ1n) is 9.40. The third-order valence-electron chi connectivity index (χ3n) is 5.59. The molecule has 3 aliphatic rings. The Morgan fingerprint density at radius 2 is 2.04 bits per heavy atom. The molecule has 0 radical (unpaired) electrons. The van der Waals surface area contributed by atoms with Gasteiger partial charge in [0.2, 0.25) is 0 Å². The summed E-state index contributed by atoms with van der Waals surface area (Å²) >= 11 is 3.70. The number of amides is 1. The fraction of sp³-hybridized carbons (Fsp3) is 0.650. The molecule has 4 rings (SSSR count). The number of hydrogen-bond donors (Lipinski definition) is 0. The third kappa shape index (κ3) is 3.16. The lowest BCUT2D eigenvalue weighted by molar-refractivity contribution is 0.0189. The Kier molecular flexibility index (Phi) is 4.25. The van der Waals surface area contributed by atoms with Gasteiger partial charge in [-0.3, -0.25) is 0 Å². The van der Waals surface area contributed by atoms with Crippen LogP contribution in [0.1, 0.15) is 57.1 Å². The van der Waals surface area contributed by atoms with E-state index in [2.05, 4.69) is 33.0 Å². The van der Waals surface area contributed by atoms with E-state index in [-0.39, 0.29) is 6.09 Å². The number of nitrogens with zero attached hydrogens (tertiary/aromatic N) is 2. The molecule has 2 atom stereocenters. The first kappa shape index (κ1) is 17.2. The van der Waals surface area contributed by atoms with Gasteiger partial charge in [0, 0.05) is 41.8 Å². The van der Waals surface area contributed by atoms with Crippen molar-refractivity contribution in [3.8, 4) is 0 Å². The molecule has 0 aromatic heterocycles. The number of carbonyl (C=O) groups is 1. The van der Waals surface area contributed by atoms with Gasteiger partial charge in [0.15, 0.2) is 0 Å². The SMILES string of the molecule is CC(C)(C)OC(=O)N1CC[C@@H]2[C@H](C1)c1cc(Br)cc3c1N2CCCC3. The number of rotatable bonds is 0. The number of likely N-dealkylation sites (tertiary alicyclic amines) is 1. The first-order chi connectivity index (χ1) is 11.8. The lowest BCUT2D eigenvalue weighted by Crippen LogP contribution is -2.49. The van der Waals surface area contributed by atoms with Crippen LogP contribution in [0, 0.1) is 0 Å². The van der Waals surface area contributed by atoms with Crippen LogP contribution in [0.2, 0.25) is 0 Å². The number of hydrogen-bond acceptors (Lipinski definition) is 3. The smallest absolute Gasteiger partial charge is 0.410 e. The topological polar surface area (TPSA) is 32.8 Å². The van der Waals surface area contributed by atoms with E-state index < -0.39 is 5.60 Å². The Balaban J connectivity index is 1.64. The van der Waals surface area contributed by atoms with Crippen LogP contribution in [0.4, 0.5) is 10.5 Å². The van der Waals surface area contributed by atoms with Crippen LogP contribution in [0.5, 0.6) is 0 Å². The van der Waals surface area contributed by atoms with Crippen molar-refractivity contribution < 1.29 is 9.53 Å². The first-order valence-corrected chi connectivity index (χ1v) is 10.2. The number of anilines is 1. The number of aryl methyl sites for hydroxylation is 1. The number of fused-ring (bicyclic) bond motifs is 3. The van der Waals surface area contributed by atoms with Crippen LogP contribution >= 0.6 is 15.9 Å². The van der Waals surface area contributed by atoms with Crippen molar-refractivity contribution in [1.82, 2.24) is 4.90 Å². The highest BCUT2D eigenvalue weighted by Crippen LogP contribution is 2.49. The van der Waals surface area contributed by atoms with Crippen molar-refractivity contribution >= 4 is 27.7 Å². The Morgan fingerprint density at radius 1 is 1.24 bits per heavy atom. The standard InChI is InChI=1S/C20H27BrN2O2/c1-20(2,3)25-19(24)22-9-7-17-16(12-22)15-11-14(21)10-13-6-4-5-8-23(17)18(13)15/h10-11,16-17H,4-9,12H2,1-3H3/t16-,17-/m1/s1. The van der Waals surface area contributed by atoms with Gasteiger partial charge in [-0.25, -0.2) is 4.79 Å². The highest BCUT2D eigenvalue weighted by Gasteiger charge is 2.44. The van der Waals surface area contributed by atoms with Gasteiger partial charge in [-0.05, 0) is 69.7 Å². The van der Waals surface area contributed by atoms with Crippen LogP contribution in [-0.2, 0) is 11.2 Å². The Labute approximate surface area is 158 Å². The van der Waals surface area contributed by atoms with E-state index in [9.17, 15) is 4.79 Å². The normalized spacial score (nSPS) is 25.3. The van der Waals surface area contributed by atoms with Crippen molar-refractivity contribution in [2.24, 2.45) is 0 Å². The van der Waals surface area contributed by atoms with Gasteiger partial charge in [-0.15, -0.1) is 0 Å². The monoisotopic (exact) mass is 406 g/mol. The maximum atomic E-state index is 12.5. The lowest BCUT2D eigenvalue weighted by Gasteiger charge is -2.39. The summed E-state index contributed by atoms with van der Waals surface area (Å²) < 4.78 is 6.78. The zero-order valence-electron chi connectivity index (χ0n) is 15.3. The maximum absolute atomic E-state index is 12.5. The minimum atomic E-state index is -0.440. The average molecular weight is 407 g/mol. The van der Waals surface area contributed by atoms with Crippen LogP contribution < -0.4 is 4.90 Å². The predicted octanol–water partition coefficient (Wildman–Crippen LogP) is 4.70. The summed E-state index contributed by atoms with van der Waals surface area (Å²) in [6.45, 7) is 8.49. The number of carbonyl (C=O) groups excluding carboxylic acids is 1. The average Bonchev–Trinajstić information content (AvgIpc) is 2.68. The molecule has 3 heterocycles. The molecule has 1 fully saturated rings. The molecule has 0 unspecified atom stereocenters. The van der Waals surface area contributed by atoms with E-state index in [1.807, 2.05) is 25.7 Å². The van der Waals surface area contributed by atoms with Crippen LogP contribution in [-0.4, -0.2) is 42.3 Å². The molecule has 1 saturated heterocycles. The second-order valence-electron chi connectivity index (χ2n) is 8.54. The van der Waals surface area contributed by atoms with Gasteiger partial charge in [0.25, 0.3) is 0 Å². The van der Waals surface area contributed by atoms with Gasteiger partial charge in [-0.1, -0.05) is 15.9 Å². The fourth-order valence-electron chi connectivity index (χ4n) is 4.65. The van der Waals surface area contributed by atoms with Gasteiger partial charge in [-0.2, -0.15) is 0 Å². The van der Waals surface area contributed by atoms with E-state index in [1.165, 1.54) is 29.7 Å². The van der Waals surface area contributed by atoms with E-state index in [0.717, 1.165) is 36.9 Å². The molecule has 1 aromatic rings. The summed E-state index contributed by atoms with van der Waals surface area (Å²) in [5, 5.41) is 0. The van der Waals surface area contributed by atoms with Crippen LogP contribution in [0.15, 0.2) is 16.6 Å². The predicted molar refractivity (Wildman–Crippen MR) is 103 cm³/mol. The van der Waals surface area contributed by atoms with Gasteiger partial charge < -0.3 is 14.5 Å². The quantitative estimate of drug-likeness (QED) is 0.625. The largest absolute Gasteiger partial charge is 0.444 e. The van der Waals surface area contributed by atoms with Crippen LogP contribution in [0.3, 0.4) is 0 Å². The Morgan fingerprint density at radius 3 is 2.80 bits per heavy atom. The van der Waals surface area contributed by atoms with Gasteiger partial charge in [0.1, 0.15) is 5.60 Å².